The second-order valence-electron chi connectivity index (χ2n) is 3.57. The summed E-state index contributed by atoms with van der Waals surface area (Å²) in [5.74, 6) is 0.479. The molecule has 0 saturated carbocycles. The highest BCUT2D eigenvalue weighted by Crippen LogP contribution is 2.32. The van der Waals surface area contributed by atoms with Crippen molar-refractivity contribution in [2.75, 3.05) is 13.2 Å². The molecule has 3 nitrogen and oxygen atoms in total. The summed E-state index contributed by atoms with van der Waals surface area (Å²) in [4.78, 5) is 11.5. The van der Waals surface area contributed by atoms with Gasteiger partial charge < -0.3 is 10.1 Å². The summed E-state index contributed by atoms with van der Waals surface area (Å²) in [6, 6.07) is -0.146. The number of hydrogen-bond acceptors (Lipinski definition) is 3. The summed E-state index contributed by atoms with van der Waals surface area (Å²) >= 11 is 0. The monoisotopic (exact) mass is 181 g/mol. The summed E-state index contributed by atoms with van der Waals surface area (Å²) in [5, 5.41) is 3.20. The number of carbonyl (C=O) groups excluding carboxylic acids is 1. The van der Waals surface area contributed by atoms with Crippen LogP contribution in [-0.2, 0) is 9.53 Å². The zero-order valence-electron chi connectivity index (χ0n) is 7.88. The van der Waals surface area contributed by atoms with Crippen LogP contribution >= 0.6 is 0 Å². The second-order valence-corrected chi connectivity index (χ2v) is 3.57. The first-order valence-corrected chi connectivity index (χ1v) is 4.93. The first kappa shape index (κ1) is 8.75. The minimum Gasteiger partial charge on any atom is -0.465 e. The molecule has 2 unspecified atom stereocenters. The van der Waals surface area contributed by atoms with E-state index >= 15 is 0 Å². The van der Waals surface area contributed by atoms with E-state index in [4.69, 9.17) is 4.74 Å². The maximum Gasteiger partial charge on any atom is 0.327 e. The zero-order chi connectivity index (χ0) is 9.26. The molecule has 13 heavy (non-hydrogen) atoms. The van der Waals surface area contributed by atoms with Crippen molar-refractivity contribution in [2.45, 2.75) is 25.8 Å². The molecule has 0 bridgehead atoms. The molecule has 1 fully saturated rings. The molecule has 1 N–H and O–H groups in total. The van der Waals surface area contributed by atoms with E-state index in [0.717, 1.165) is 13.0 Å². The van der Waals surface area contributed by atoms with Gasteiger partial charge >= 0.3 is 5.97 Å². The Morgan fingerprint density at radius 3 is 3.38 bits per heavy atom. The van der Waals surface area contributed by atoms with E-state index in [0.29, 0.717) is 12.5 Å². The number of carbonyl (C=O) groups is 1. The van der Waals surface area contributed by atoms with Gasteiger partial charge in [-0.25, -0.2) is 4.79 Å². The Balaban J connectivity index is 2.04. The second kappa shape index (κ2) is 3.50. The summed E-state index contributed by atoms with van der Waals surface area (Å²) in [7, 11) is 0. The van der Waals surface area contributed by atoms with Crippen LogP contribution in [0.15, 0.2) is 11.6 Å². The van der Waals surface area contributed by atoms with Crippen LogP contribution in [0.5, 0.6) is 0 Å². The quantitative estimate of drug-likeness (QED) is 0.507. The molecule has 0 amide bonds. The number of ether oxygens (including phenoxy) is 1. The van der Waals surface area contributed by atoms with Crippen LogP contribution < -0.4 is 5.32 Å². The van der Waals surface area contributed by atoms with Crippen molar-refractivity contribution < 1.29 is 9.53 Å². The molecule has 1 aliphatic carbocycles. The van der Waals surface area contributed by atoms with Crippen LogP contribution in [0.1, 0.15) is 19.8 Å². The molecule has 72 valence electrons. The maximum absolute atomic E-state index is 11.5. The van der Waals surface area contributed by atoms with E-state index in [1.807, 2.05) is 6.92 Å². The van der Waals surface area contributed by atoms with E-state index in [1.54, 1.807) is 0 Å². The van der Waals surface area contributed by atoms with Crippen LogP contribution in [-0.4, -0.2) is 25.2 Å². The largest absolute Gasteiger partial charge is 0.465 e. The van der Waals surface area contributed by atoms with Gasteiger partial charge in [0, 0.05) is 6.54 Å². The molecule has 3 heteroatoms. The maximum atomic E-state index is 11.5. The number of esters is 1. The number of rotatable bonds is 2. The molecule has 0 aromatic rings. The van der Waals surface area contributed by atoms with Crippen molar-refractivity contribution in [3.05, 3.63) is 11.6 Å². The lowest BCUT2D eigenvalue weighted by Crippen LogP contribution is -2.33. The smallest absolute Gasteiger partial charge is 0.327 e. The molecular weight excluding hydrogens is 166 g/mol. The third-order valence-corrected chi connectivity index (χ3v) is 2.79. The van der Waals surface area contributed by atoms with Gasteiger partial charge in [0.1, 0.15) is 6.04 Å². The molecule has 0 aromatic heterocycles. The molecule has 0 spiro atoms. The summed E-state index contributed by atoms with van der Waals surface area (Å²) in [5.41, 5.74) is 1.26. The Bertz CT molecular complexity index is 247. The molecule has 2 rings (SSSR count). The Morgan fingerprint density at radius 2 is 2.62 bits per heavy atom. The normalized spacial score (nSPS) is 31.3. The van der Waals surface area contributed by atoms with Crippen LogP contribution in [0.25, 0.3) is 0 Å². The lowest BCUT2D eigenvalue weighted by molar-refractivity contribution is -0.144. The Morgan fingerprint density at radius 1 is 1.77 bits per heavy atom. The molecule has 1 saturated heterocycles. The van der Waals surface area contributed by atoms with Gasteiger partial charge in [0.2, 0.25) is 0 Å². The topological polar surface area (TPSA) is 38.3 Å². The highest BCUT2D eigenvalue weighted by Gasteiger charge is 2.37. The van der Waals surface area contributed by atoms with Gasteiger partial charge in [-0.15, -0.1) is 0 Å². The fraction of sp³-hybridized carbons (Fsp3) is 0.700. The highest BCUT2D eigenvalue weighted by atomic mass is 16.5. The molecule has 0 radical (unpaired) electrons. The van der Waals surface area contributed by atoms with Gasteiger partial charge in [-0.2, -0.15) is 0 Å². The predicted molar refractivity (Wildman–Crippen MR) is 49.2 cm³/mol. The van der Waals surface area contributed by atoms with Crippen molar-refractivity contribution in [2.24, 2.45) is 5.92 Å². The van der Waals surface area contributed by atoms with E-state index in [9.17, 15) is 4.79 Å². The van der Waals surface area contributed by atoms with E-state index in [-0.39, 0.29) is 12.0 Å². The minimum atomic E-state index is -0.146. The first-order valence-electron chi connectivity index (χ1n) is 4.93. The lowest BCUT2D eigenvalue weighted by atomic mass is 10.0. The fourth-order valence-electron chi connectivity index (χ4n) is 2.18. The summed E-state index contributed by atoms with van der Waals surface area (Å²) < 4.78 is 4.99. The zero-order valence-corrected chi connectivity index (χ0v) is 7.88. The number of fused-ring (bicyclic) bond motifs is 1. The SMILES string of the molecule is CCOC(=O)C1NCC2CCC=C21. The van der Waals surface area contributed by atoms with Gasteiger partial charge in [-0.05, 0) is 31.3 Å². The van der Waals surface area contributed by atoms with Crippen molar-refractivity contribution in [1.82, 2.24) is 5.32 Å². The fourth-order valence-corrected chi connectivity index (χ4v) is 2.18. The average molecular weight is 181 g/mol. The molecule has 1 aliphatic heterocycles. The molecule has 0 aromatic carbocycles. The van der Waals surface area contributed by atoms with Gasteiger partial charge in [0.15, 0.2) is 0 Å². The van der Waals surface area contributed by atoms with Gasteiger partial charge in [0.05, 0.1) is 6.61 Å². The van der Waals surface area contributed by atoms with E-state index in [1.165, 1.54) is 12.0 Å². The Hall–Kier alpha value is -0.830. The number of allylic oxidation sites excluding steroid dienone is 1. The number of hydrogen-bond donors (Lipinski definition) is 1. The first-order chi connectivity index (χ1) is 6.33. The molecule has 1 heterocycles. The van der Waals surface area contributed by atoms with Crippen LogP contribution in [0.3, 0.4) is 0 Å². The minimum absolute atomic E-state index is 0.113. The predicted octanol–water partition coefficient (Wildman–Crippen LogP) is 0.858. The van der Waals surface area contributed by atoms with Gasteiger partial charge in [-0.3, -0.25) is 0 Å². The highest BCUT2D eigenvalue weighted by molar-refractivity contribution is 5.80. The molecule has 2 atom stereocenters. The Labute approximate surface area is 78.1 Å². The van der Waals surface area contributed by atoms with Crippen molar-refractivity contribution in [3.8, 4) is 0 Å². The van der Waals surface area contributed by atoms with Crippen molar-refractivity contribution in [1.29, 1.82) is 0 Å². The summed E-state index contributed by atoms with van der Waals surface area (Å²) in [6.45, 7) is 3.25. The van der Waals surface area contributed by atoms with Crippen molar-refractivity contribution >= 4 is 5.97 Å². The third-order valence-electron chi connectivity index (χ3n) is 2.79. The number of nitrogens with one attached hydrogen (secondary N) is 1. The van der Waals surface area contributed by atoms with Crippen LogP contribution in [0.4, 0.5) is 0 Å². The molecule has 2 aliphatic rings. The van der Waals surface area contributed by atoms with Gasteiger partial charge in [-0.1, -0.05) is 6.08 Å². The Kier molecular flexibility index (Phi) is 2.36. The molecular formula is C10H15NO2. The third kappa shape index (κ3) is 1.48. The average Bonchev–Trinajstić information content (AvgIpc) is 2.62. The standard InChI is InChI=1S/C10H15NO2/c1-2-13-10(12)9-8-5-3-4-7(8)6-11-9/h5,7,9,11H,2-4,6H2,1H3. The van der Waals surface area contributed by atoms with E-state index < -0.39 is 0 Å². The van der Waals surface area contributed by atoms with E-state index in [2.05, 4.69) is 11.4 Å². The van der Waals surface area contributed by atoms with Crippen LogP contribution in [0, 0.1) is 5.92 Å². The van der Waals surface area contributed by atoms with Crippen LogP contribution in [0.2, 0.25) is 0 Å². The van der Waals surface area contributed by atoms with Gasteiger partial charge in [0.25, 0.3) is 0 Å². The van der Waals surface area contributed by atoms with Crippen molar-refractivity contribution in [3.63, 3.8) is 0 Å². The summed E-state index contributed by atoms with van der Waals surface area (Å²) in [6.07, 6.45) is 4.50. The lowest BCUT2D eigenvalue weighted by Gasteiger charge is -2.10.